The molecule has 2 aromatic rings. The molecule has 0 heterocycles. The number of rotatable bonds is 17. The van der Waals surface area contributed by atoms with Gasteiger partial charge in [-0.15, -0.1) is 0 Å². The van der Waals surface area contributed by atoms with E-state index in [1.165, 1.54) is 6.07 Å². The third kappa shape index (κ3) is 11.3. The smallest absolute Gasteiger partial charge is 0.311 e. The molecule has 0 aliphatic carbocycles. The zero-order chi connectivity index (χ0) is 31.3. The van der Waals surface area contributed by atoms with Gasteiger partial charge in [-0.1, -0.05) is 67.2 Å². The highest BCUT2D eigenvalue weighted by molar-refractivity contribution is 6.05. The van der Waals surface area contributed by atoms with Gasteiger partial charge in [-0.3, -0.25) is 24.0 Å². The van der Waals surface area contributed by atoms with Crippen LogP contribution in [0.1, 0.15) is 137 Å². The van der Waals surface area contributed by atoms with Gasteiger partial charge in [0.15, 0.2) is 17.3 Å². The summed E-state index contributed by atoms with van der Waals surface area (Å²) < 4.78 is 10.9. The molecule has 0 aliphatic heterocycles. The Hall–Kier alpha value is -3.61. The third-order valence-corrected chi connectivity index (χ3v) is 6.87. The van der Waals surface area contributed by atoms with E-state index < -0.39 is 17.4 Å². The summed E-state index contributed by atoms with van der Waals surface area (Å²) in [4.78, 5) is 62.8. The van der Waals surface area contributed by atoms with Crippen molar-refractivity contribution in [3.05, 3.63) is 59.2 Å². The van der Waals surface area contributed by atoms with Crippen LogP contribution in [0.3, 0.4) is 0 Å². The maximum Gasteiger partial charge on any atom is 0.311 e. The van der Waals surface area contributed by atoms with E-state index in [1.54, 1.807) is 57.2 Å². The van der Waals surface area contributed by atoms with E-state index in [2.05, 4.69) is 6.92 Å². The van der Waals surface area contributed by atoms with Crippen molar-refractivity contribution in [1.29, 1.82) is 0 Å². The Morgan fingerprint density at radius 2 is 1.24 bits per heavy atom. The van der Waals surface area contributed by atoms with E-state index >= 15 is 0 Å². The minimum absolute atomic E-state index is 0.0206. The molecule has 7 nitrogen and oxygen atoms in total. The molecule has 7 heteroatoms. The molecule has 0 bridgehead atoms. The molecule has 0 saturated carbocycles. The van der Waals surface area contributed by atoms with Gasteiger partial charge in [0, 0.05) is 41.7 Å². The van der Waals surface area contributed by atoms with Crippen molar-refractivity contribution >= 4 is 29.3 Å². The van der Waals surface area contributed by atoms with Crippen LogP contribution in [-0.4, -0.2) is 29.3 Å². The van der Waals surface area contributed by atoms with Crippen LogP contribution in [0.25, 0.3) is 0 Å². The zero-order valence-corrected chi connectivity index (χ0v) is 26.0. The van der Waals surface area contributed by atoms with Crippen molar-refractivity contribution in [2.45, 2.75) is 106 Å². The Labute approximate surface area is 250 Å². The summed E-state index contributed by atoms with van der Waals surface area (Å²) in [6, 6.07) is 11.1. The third-order valence-electron chi connectivity index (χ3n) is 6.87. The van der Waals surface area contributed by atoms with E-state index in [1.807, 2.05) is 13.8 Å². The molecule has 2 rings (SSSR count). The second kappa shape index (κ2) is 16.7. The second-order valence-electron chi connectivity index (χ2n) is 12.1. The quantitative estimate of drug-likeness (QED) is 0.0804. The van der Waals surface area contributed by atoms with Crippen LogP contribution in [-0.2, 0) is 9.59 Å². The predicted molar refractivity (Wildman–Crippen MR) is 163 cm³/mol. The van der Waals surface area contributed by atoms with Gasteiger partial charge in [-0.2, -0.15) is 0 Å². The first kappa shape index (κ1) is 34.6. The molecule has 0 aliphatic rings. The summed E-state index contributed by atoms with van der Waals surface area (Å²) in [5.74, 6) is -0.804. The molecule has 0 unspecified atom stereocenters. The molecule has 0 radical (unpaired) electrons. The molecule has 0 N–H and O–H groups in total. The SMILES string of the molecule is CCCCCCCC(=O)c1ccc(OC(=O)CCCCC(=O)Oc2ccc(C(=O)C(C)C)cc2)c(C(=O)C(C)(C)C)c1. The lowest BCUT2D eigenvalue weighted by atomic mass is 9.85. The van der Waals surface area contributed by atoms with Crippen molar-refractivity contribution in [2.75, 3.05) is 0 Å². The van der Waals surface area contributed by atoms with Gasteiger partial charge in [0.05, 0.1) is 5.56 Å². The number of benzene rings is 2. The maximum atomic E-state index is 13.2. The highest BCUT2D eigenvalue weighted by atomic mass is 16.5. The minimum atomic E-state index is -0.729. The largest absolute Gasteiger partial charge is 0.427 e. The van der Waals surface area contributed by atoms with Gasteiger partial charge in [0.2, 0.25) is 0 Å². The normalized spacial score (nSPS) is 11.3. The topological polar surface area (TPSA) is 104 Å². The van der Waals surface area contributed by atoms with Crippen LogP contribution < -0.4 is 9.47 Å². The average Bonchev–Trinajstić information content (AvgIpc) is 2.94. The fourth-order valence-electron chi connectivity index (χ4n) is 4.32. The lowest BCUT2D eigenvalue weighted by molar-refractivity contribution is -0.136. The highest BCUT2D eigenvalue weighted by Crippen LogP contribution is 2.30. The lowest BCUT2D eigenvalue weighted by Gasteiger charge is -2.19. The molecule has 0 spiro atoms. The van der Waals surface area contributed by atoms with E-state index in [-0.39, 0.29) is 47.4 Å². The summed E-state index contributed by atoms with van der Waals surface area (Å²) in [6.45, 7) is 11.1. The molecule has 2 aromatic carbocycles. The summed E-state index contributed by atoms with van der Waals surface area (Å²) in [7, 11) is 0. The number of carbonyl (C=O) groups is 5. The molecule has 0 amide bonds. The molecule has 228 valence electrons. The summed E-state index contributed by atoms with van der Waals surface area (Å²) >= 11 is 0. The molecule has 42 heavy (non-hydrogen) atoms. The summed E-state index contributed by atoms with van der Waals surface area (Å²) in [6.07, 6.45) is 6.58. The summed E-state index contributed by atoms with van der Waals surface area (Å²) in [5, 5.41) is 0. The van der Waals surface area contributed by atoms with Gasteiger partial charge < -0.3 is 9.47 Å². The van der Waals surface area contributed by atoms with Crippen LogP contribution in [0, 0.1) is 11.3 Å². The van der Waals surface area contributed by atoms with Crippen LogP contribution in [0.5, 0.6) is 11.5 Å². The number of hydrogen-bond acceptors (Lipinski definition) is 7. The summed E-state index contributed by atoms with van der Waals surface area (Å²) in [5.41, 5.74) is 0.498. The van der Waals surface area contributed by atoms with Gasteiger partial charge >= 0.3 is 11.9 Å². The molecular weight excluding hydrogens is 532 g/mol. The first-order chi connectivity index (χ1) is 19.8. The van der Waals surface area contributed by atoms with E-state index in [0.717, 1.165) is 32.1 Å². The number of carbonyl (C=O) groups excluding carboxylic acids is 5. The fraction of sp³-hybridized carbons (Fsp3) is 0.514. The van der Waals surface area contributed by atoms with E-state index in [4.69, 9.17) is 9.47 Å². The first-order valence-corrected chi connectivity index (χ1v) is 15.1. The van der Waals surface area contributed by atoms with Crippen molar-refractivity contribution in [3.63, 3.8) is 0 Å². The fourth-order valence-corrected chi connectivity index (χ4v) is 4.32. The Bertz CT molecular complexity index is 1230. The Kier molecular flexibility index (Phi) is 13.8. The zero-order valence-electron chi connectivity index (χ0n) is 26.0. The number of unbranched alkanes of at least 4 members (excludes halogenated alkanes) is 5. The average molecular weight is 579 g/mol. The number of Topliss-reactive ketones (excluding diaryl/α,β-unsaturated/α-hetero) is 3. The van der Waals surface area contributed by atoms with Crippen molar-refractivity contribution in [2.24, 2.45) is 11.3 Å². The van der Waals surface area contributed by atoms with Crippen molar-refractivity contribution in [3.8, 4) is 11.5 Å². The molecular formula is C35H46O7. The first-order valence-electron chi connectivity index (χ1n) is 15.1. The van der Waals surface area contributed by atoms with E-state index in [0.29, 0.717) is 36.1 Å². The lowest BCUT2D eigenvalue weighted by Crippen LogP contribution is -2.22. The van der Waals surface area contributed by atoms with Crippen molar-refractivity contribution < 1.29 is 33.4 Å². The van der Waals surface area contributed by atoms with Crippen LogP contribution in [0.15, 0.2) is 42.5 Å². The Balaban J connectivity index is 1.91. The van der Waals surface area contributed by atoms with Crippen molar-refractivity contribution in [1.82, 2.24) is 0 Å². The standard InChI is InChI=1S/C35H46O7/c1-7-8-9-10-11-14-29(36)26-19-22-30(28(23-26)34(40)35(4,5)6)42-32(38)16-13-12-15-31(37)41-27-20-17-25(18-21-27)33(39)24(2)3/h17-24H,7-16H2,1-6H3. The number of ether oxygens (including phenoxy) is 2. The minimum Gasteiger partial charge on any atom is -0.427 e. The van der Waals surface area contributed by atoms with Gasteiger partial charge in [-0.25, -0.2) is 0 Å². The molecule has 0 fully saturated rings. The van der Waals surface area contributed by atoms with Gasteiger partial charge in [0.25, 0.3) is 0 Å². The monoisotopic (exact) mass is 578 g/mol. The van der Waals surface area contributed by atoms with Crippen LogP contribution in [0.2, 0.25) is 0 Å². The molecule has 0 saturated heterocycles. The van der Waals surface area contributed by atoms with Gasteiger partial charge in [0.1, 0.15) is 11.5 Å². The number of hydrogen-bond donors (Lipinski definition) is 0. The van der Waals surface area contributed by atoms with Gasteiger partial charge in [-0.05, 0) is 61.7 Å². The number of esters is 2. The Morgan fingerprint density at radius 3 is 1.81 bits per heavy atom. The van der Waals surface area contributed by atoms with Crippen LogP contribution >= 0.6 is 0 Å². The second-order valence-corrected chi connectivity index (χ2v) is 12.1. The molecule has 0 aromatic heterocycles. The highest BCUT2D eigenvalue weighted by Gasteiger charge is 2.27. The Morgan fingerprint density at radius 1 is 0.690 bits per heavy atom. The van der Waals surface area contributed by atoms with Crippen LogP contribution in [0.4, 0.5) is 0 Å². The number of ketones is 3. The van der Waals surface area contributed by atoms with E-state index in [9.17, 15) is 24.0 Å². The predicted octanol–water partition coefficient (Wildman–Crippen LogP) is 8.37. The molecule has 0 atom stereocenters. The maximum absolute atomic E-state index is 13.2.